The number of carbonyl (C=O) groups excluding carboxylic acids is 1. The summed E-state index contributed by atoms with van der Waals surface area (Å²) in [6, 6.07) is 4.01. The molecule has 1 aromatic carbocycles. The lowest BCUT2D eigenvalue weighted by molar-refractivity contribution is -0.133. The predicted molar refractivity (Wildman–Crippen MR) is 78.0 cm³/mol. The number of aryl methyl sites for hydroxylation is 3. The number of thioether (sulfide) groups is 1. The largest absolute Gasteiger partial charge is 0.425 e. The maximum absolute atomic E-state index is 12.1. The van der Waals surface area contributed by atoms with Gasteiger partial charge in [0.25, 0.3) is 0 Å². The molecule has 0 spiro atoms. The Balaban J connectivity index is 2.08. The fourth-order valence-corrected chi connectivity index (χ4v) is 2.70. The molecule has 1 unspecified atom stereocenters. The van der Waals surface area contributed by atoms with Crippen molar-refractivity contribution in [3.63, 3.8) is 0 Å². The van der Waals surface area contributed by atoms with Crippen LogP contribution in [0.2, 0.25) is 0 Å². The fourth-order valence-electron chi connectivity index (χ4n) is 1.99. The van der Waals surface area contributed by atoms with Gasteiger partial charge in [-0.2, -0.15) is 10.3 Å². The topological polar surface area (TPSA) is 67.9 Å². The van der Waals surface area contributed by atoms with E-state index in [0.717, 1.165) is 16.7 Å². The van der Waals surface area contributed by atoms with Gasteiger partial charge in [0.2, 0.25) is 0 Å². The molecule has 1 aromatic heterocycles. The van der Waals surface area contributed by atoms with Gasteiger partial charge in [0, 0.05) is 0 Å². The molecule has 0 amide bonds. The zero-order valence-electron chi connectivity index (χ0n) is 11.9. The van der Waals surface area contributed by atoms with Gasteiger partial charge in [-0.15, -0.1) is 5.10 Å². The number of aromatic amines is 1. The lowest BCUT2D eigenvalue weighted by Crippen LogP contribution is -2.20. The molecule has 0 bridgehead atoms. The number of ether oxygens (including phenoxy) is 1. The minimum Gasteiger partial charge on any atom is -0.425 e. The molecular weight excluding hydrogens is 274 g/mol. The second kappa shape index (κ2) is 6.09. The first-order chi connectivity index (χ1) is 9.47. The average molecular weight is 291 g/mol. The lowest BCUT2D eigenvalue weighted by Gasteiger charge is -2.14. The highest BCUT2D eigenvalue weighted by Gasteiger charge is 2.19. The van der Waals surface area contributed by atoms with Crippen LogP contribution < -0.4 is 4.74 Å². The van der Waals surface area contributed by atoms with Gasteiger partial charge >= 0.3 is 5.97 Å². The quantitative estimate of drug-likeness (QED) is 0.533. The molecular formula is C14H17N3O2S. The molecule has 0 radical (unpaired) electrons. The van der Waals surface area contributed by atoms with Gasteiger partial charge in [-0.3, -0.25) is 4.79 Å². The number of nitrogens with zero attached hydrogens (tertiary/aromatic N) is 2. The van der Waals surface area contributed by atoms with E-state index in [-0.39, 0.29) is 11.2 Å². The highest BCUT2D eigenvalue weighted by Crippen LogP contribution is 2.27. The molecule has 0 aliphatic carbocycles. The Hall–Kier alpha value is -1.82. The average Bonchev–Trinajstić information content (AvgIpc) is 2.86. The van der Waals surface area contributed by atoms with Crippen molar-refractivity contribution in [2.24, 2.45) is 0 Å². The Labute approximate surface area is 122 Å². The summed E-state index contributed by atoms with van der Waals surface area (Å²) >= 11 is 1.31. The molecule has 20 heavy (non-hydrogen) atoms. The minimum atomic E-state index is -0.347. The van der Waals surface area contributed by atoms with Crippen LogP contribution in [-0.4, -0.2) is 26.6 Å². The third-order valence-electron chi connectivity index (χ3n) is 2.83. The second-order valence-electron chi connectivity index (χ2n) is 4.72. The van der Waals surface area contributed by atoms with Gasteiger partial charge in [-0.25, -0.2) is 0 Å². The lowest BCUT2D eigenvalue weighted by atomic mass is 10.1. The van der Waals surface area contributed by atoms with Crippen molar-refractivity contribution < 1.29 is 9.53 Å². The van der Waals surface area contributed by atoms with Crippen molar-refractivity contribution in [3.8, 4) is 5.75 Å². The van der Waals surface area contributed by atoms with Gasteiger partial charge in [-0.05, 0) is 38.8 Å². The molecule has 2 rings (SSSR count). The Kier molecular flexibility index (Phi) is 4.44. The van der Waals surface area contributed by atoms with Crippen molar-refractivity contribution in [2.45, 2.75) is 38.0 Å². The van der Waals surface area contributed by atoms with E-state index in [1.807, 2.05) is 32.9 Å². The number of hydrogen-bond donors (Lipinski definition) is 1. The van der Waals surface area contributed by atoms with E-state index >= 15 is 0 Å². The van der Waals surface area contributed by atoms with Crippen LogP contribution in [0.25, 0.3) is 0 Å². The van der Waals surface area contributed by atoms with Crippen LogP contribution in [-0.2, 0) is 4.79 Å². The number of benzene rings is 1. The second-order valence-corrected chi connectivity index (χ2v) is 6.08. The van der Waals surface area contributed by atoms with Gasteiger partial charge in [-0.1, -0.05) is 29.5 Å². The monoisotopic (exact) mass is 291 g/mol. The Morgan fingerprint density at radius 1 is 1.30 bits per heavy atom. The third kappa shape index (κ3) is 3.39. The minimum absolute atomic E-state index is 0.284. The molecule has 0 aliphatic heterocycles. The standard InChI is InChI=1S/C14H17N3O2S/c1-8-5-9(2)13(10(3)6-8)19-14(18)11(4)20-12-7-15-17-16-12/h5-7,11H,1-4H3,(H,15,16,17). The molecule has 0 saturated heterocycles. The van der Waals surface area contributed by atoms with Crippen molar-refractivity contribution in [1.29, 1.82) is 0 Å². The molecule has 6 heteroatoms. The van der Waals surface area contributed by atoms with Gasteiger partial charge < -0.3 is 4.74 Å². The number of H-pyrrole nitrogens is 1. The molecule has 5 nitrogen and oxygen atoms in total. The first kappa shape index (κ1) is 14.6. The van der Waals surface area contributed by atoms with E-state index in [9.17, 15) is 4.79 Å². The fraction of sp³-hybridized carbons (Fsp3) is 0.357. The smallest absolute Gasteiger partial charge is 0.324 e. The van der Waals surface area contributed by atoms with E-state index in [1.54, 1.807) is 13.1 Å². The summed E-state index contributed by atoms with van der Waals surface area (Å²) in [6.45, 7) is 7.70. The third-order valence-corrected chi connectivity index (χ3v) is 3.81. The van der Waals surface area contributed by atoms with E-state index in [0.29, 0.717) is 10.8 Å². The number of esters is 1. The summed E-state index contributed by atoms with van der Waals surface area (Å²) in [4.78, 5) is 12.1. The van der Waals surface area contributed by atoms with Crippen LogP contribution in [0.5, 0.6) is 5.75 Å². The first-order valence-corrected chi connectivity index (χ1v) is 7.17. The van der Waals surface area contributed by atoms with Gasteiger partial charge in [0.1, 0.15) is 16.0 Å². The van der Waals surface area contributed by atoms with Crippen LogP contribution in [0, 0.1) is 20.8 Å². The van der Waals surface area contributed by atoms with Crippen LogP contribution >= 0.6 is 11.8 Å². The maximum atomic E-state index is 12.1. The van der Waals surface area contributed by atoms with Crippen molar-refractivity contribution in [1.82, 2.24) is 15.4 Å². The van der Waals surface area contributed by atoms with Gasteiger partial charge in [0.05, 0.1) is 6.20 Å². The zero-order chi connectivity index (χ0) is 14.7. The van der Waals surface area contributed by atoms with E-state index in [4.69, 9.17) is 4.74 Å². The summed E-state index contributed by atoms with van der Waals surface area (Å²) in [6.07, 6.45) is 1.58. The number of rotatable bonds is 4. The first-order valence-electron chi connectivity index (χ1n) is 6.29. The van der Waals surface area contributed by atoms with Crippen molar-refractivity contribution in [2.75, 3.05) is 0 Å². The maximum Gasteiger partial charge on any atom is 0.324 e. The zero-order valence-corrected chi connectivity index (χ0v) is 12.7. The summed E-state index contributed by atoms with van der Waals surface area (Å²) in [5.41, 5.74) is 3.09. The van der Waals surface area contributed by atoms with Crippen LogP contribution in [0.1, 0.15) is 23.6 Å². The predicted octanol–water partition coefficient (Wildman–Crippen LogP) is 2.82. The SMILES string of the molecule is Cc1cc(C)c(OC(=O)C(C)Sc2cn[nH]n2)c(C)c1. The summed E-state index contributed by atoms with van der Waals surface area (Å²) < 4.78 is 5.52. The molecule has 0 fully saturated rings. The van der Waals surface area contributed by atoms with Crippen molar-refractivity contribution in [3.05, 3.63) is 35.0 Å². The number of hydrogen-bond acceptors (Lipinski definition) is 5. The van der Waals surface area contributed by atoms with Crippen LogP contribution in [0.4, 0.5) is 0 Å². The highest BCUT2D eigenvalue weighted by atomic mass is 32.2. The number of carbonyl (C=O) groups is 1. The molecule has 1 atom stereocenters. The summed E-state index contributed by atoms with van der Waals surface area (Å²) in [5, 5.41) is 10.5. The van der Waals surface area contributed by atoms with E-state index < -0.39 is 0 Å². The molecule has 0 saturated carbocycles. The van der Waals surface area contributed by atoms with E-state index in [2.05, 4.69) is 15.4 Å². The molecule has 0 aliphatic rings. The van der Waals surface area contributed by atoms with E-state index in [1.165, 1.54) is 11.8 Å². The molecule has 1 heterocycles. The van der Waals surface area contributed by atoms with Crippen LogP contribution in [0.15, 0.2) is 23.4 Å². The Morgan fingerprint density at radius 2 is 1.95 bits per heavy atom. The number of aromatic nitrogens is 3. The summed E-state index contributed by atoms with van der Waals surface area (Å²) in [5.74, 6) is 0.362. The Bertz CT molecular complexity index is 588. The van der Waals surface area contributed by atoms with Crippen LogP contribution in [0.3, 0.4) is 0 Å². The Morgan fingerprint density at radius 3 is 2.50 bits per heavy atom. The number of nitrogens with one attached hydrogen (secondary N) is 1. The summed E-state index contributed by atoms with van der Waals surface area (Å²) in [7, 11) is 0. The van der Waals surface area contributed by atoms with Crippen molar-refractivity contribution >= 4 is 17.7 Å². The highest BCUT2D eigenvalue weighted by molar-refractivity contribution is 8.00. The normalized spacial score (nSPS) is 12.2. The molecule has 106 valence electrons. The van der Waals surface area contributed by atoms with Gasteiger partial charge in [0.15, 0.2) is 0 Å². The molecule has 1 N–H and O–H groups in total. The molecule has 2 aromatic rings.